The lowest BCUT2D eigenvalue weighted by molar-refractivity contribution is 1.36. The van der Waals surface area contributed by atoms with Gasteiger partial charge in [-0.25, -0.2) is 4.99 Å². The quantitative estimate of drug-likeness (QED) is 0.668. The van der Waals surface area contributed by atoms with Gasteiger partial charge in [0.05, 0.1) is 5.69 Å². The molecule has 2 aromatic carbocycles. The van der Waals surface area contributed by atoms with E-state index in [4.69, 9.17) is 4.99 Å². The number of aliphatic imine (C=N–C) groups is 1. The molecule has 0 saturated heterocycles. The van der Waals surface area contributed by atoms with Crippen molar-refractivity contribution in [2.45, 2.75) is 9.79 Å². The first-order valence-electron chi connectivity index (χ1n) is 5.75. The zero-order chi connectivity index (χ0) is 11.9. The Morgan fingerprint density at radius 2 is 1.56 bits per heavy atom. The third kappa shape index (κ3) is 1.62. The Morgan fingerprint density at radius 3 is 2.50 bits per heavy atom. The fourth-order valence-electron chi connectivity index (χ4n) is 2.06. The lowest BCUT2D eigenvalue weighted by atomic mass is 10.2. The molecule has 0 spiro atoms. The summed E-state index contributed by atoms with van der Waals surface area (Å²) < 4.78 is 0. The van der Waals surface area contributed by atoms with Gasteiger partial charge in [0.15, 0.2) is 0 Å². The highest BCUT2D eigenvalue weighted by Crippen LogP contribution is 2.47. The van der Waals surface area contributed by atoms with E-state index in [2.05, 4.69) is 48.5 Å². The molecular formula is C15H9NS2. The molecule has 0 amide bonds. The highest BCUT2D eigenvalue weighted by atomic mass is 32.2. The van der Waals surface area contributed by atoms with Gasteiger partial charge in [-0.2, -0.15) is 0 Å². The van der Waals surface area contributed by atoms with Crippen molar-refractivity contribution in [3.05, 3.63) is 59.0 Å². The van der Waals surface area contributed by atoms with Crippen LogP contribution in [0.2, 0.25) is 0 Å². The molecule has 0 bridgehead atoms. The van der Waals surface area contributed by atoms with Crippen LogP contribution in [0, 0.1) is 0 Å². The first-order valence-corrected chi connectivity index (χ1v) is 7.38. The molecule has 1 nitrogen and oxygen atoms in total. The molecule has 2 aliphatic rings. The summed E-state index contributed by atoms with van der Waals surface area (Å²) in [4.78, 5) is 8.55. The third-order valence-corrected chi connectivity index (χ3v) is 5.25. The lowest BCUT2D eigenvalue weighted by Gasteiger charge is -2.21. The van der Waals surface area contributed by atoms with E-state index in [-0.39, 0.29) is 0 Å². The molecule has 0 aliphatic carbocycles. The molecule has 2 heterocycles. The van der Waals surface area contributed by atoms with Crippen LogP contribution in [0.3, 0.4) is 0 Å². The first kappa shape index (κ1) is 10.5. The summed E-state index contributed by atoms with van der Waals surface area (Å²) in [5, 5.41) is 1.12. The summed E-state index contributed by atoms with van der Waals surface area (Å²) in [6, 6.07) is 16.8. The van der Waals surface area contributed by atoms with E-state index in [1.165, 1.54) is 20.3 Å². The Hall–Kier alpha value is -1.45. The second-order valence-corrected chi connectivity index (χ2v) is 6.25. The number of thioether (sulfide) groups is 2. The highest BCUT2D eigenvalue weighted by molar-refractivity contribution is 8.18. The number of para-hydroxylation sites is 1. The number of benzene rings is 2. The summed E-state index contributed by atoms with van der Waals surface area (Å²) in [7, 11) is 0. The molecule has 18 heavy (non-hydrogen) atoms. The molecule has 2 aliphatic heterocycles. The minimum Gasteiger partial charge on any atom is -0.239 e. The molecule has 0 N–H and O–H groups in total. The van der Waals surface area contributed by atoms with Crippen LogP contribution in [0.25, 0.3) is 6.08 Å². The van der Waals surface area contributed by atoms with Crippen LogP contribution in [-0.2, 0) is 0 Å². The van der Waals surface area contributed by atoms with Gasteiger partial charge in [-0.15, -0.1) is 0 Å². The number of hydrogen-bond acceptors (Lipinski definition) is 3. The molecule has 3 heteroatoms. The molecule has 0 radical (unpaired) electrons. The SMILES string of the molecule is C1=C2Sc3ccccc3N=C2Sc2ccccc21. The molecule has 86 valence electrons. The van der Waals surface area contributed by atoms with E-state index in [9.17, 15) is 0 Å². The fraction of sp³-hybridized carbons (Fsp3) is 0. The standard InChI is InChI=1S/C15H9NS2/c1-3-7-12-10(5-1)9-14-15(18-12)16-11-6-2-4-8-13(11)17-14/h1-9H. The van der Waals surface area contributed by atoms with E-state index in [0.29, 0.717) is 0 Å². The largest absolute Gasteiger partial charge is 0.239 e. The van der Waals surface area contributed by atoms with Crippen molar-refractivity contribution in [3.63, 3.8) is 0 Å². The second-order valence-electron chi connectivity index (χ2n) is 4.14. The highest BCUT2D eigenvalue weighted by Gasteiger charge is 2.23. The van der Waals surface area contributed by atoms with Crippen molar-refractivity contribution in [2.24, 2.45) is 4.99 Å². The molecular weight excluding hydrogens is 258 g/mol. The van der Waals surface area contributed by atoms with Crippen molar-refractivity contribution in [1.82, 2.24) is 0 Å². The van der Waals surface area contributed by atoms with Crippen LogP contribution in [0.5, 0.6) is 0 Å². The first-order chi connectivity index (χ1) is 8.90. The van der Waals surface area contributed by atoms with Crippen LogP contribution in [-0.4, -0.2) is 5.04 Å². The molecule has 0 aromatic heterocycles. The molecule has 0 saturated carbocycles. The fourth-order valence-corrected chi connectivity index (χ4v) is 4.14. The molecule has 2 aromatic rings. The summed E-state index contributed by atoms with van der Waals surface area (Å²) in [6.45, 7) is 0. The topological polar surface area (TPSA) is 12.4 Å². The van der Waals surface area contributed by atoms with Crippen molar-refractivity contribution >= 4 is 40.3 Å². The number of hydrogen-bond donors (Lipinski definition) is 0. The smallest absolute Gasteiger partial charge is 0.115 e. The summed E-state index contributed by atoms with van der Waals surface area (Å²) in [5.41, 5.74) is 2.38. The average Bonchev–Trinajstić information content (AvgIpc) is 2.42. The van der Waals surface area contributed by atoms with Gasteiger partial charge in [-0.1, -0.05) is 53.9 Å². The molecule has 0 unspecified atom stereocenters. The van der Waals surface area contributed by atoms with Gasteiger partial charge in [0.2, 0.25) is 0 Å². The maximum Gasteiger partial charge on any atom is 0.115 e. The maximum absolute atomic E-state index is 4.76. The van der Waals surface area contributed by atoms with Crippen LogP contribution in [0.4, 0.5) is 5.69 Å². The number of fused-ring (bicyclic) bond motifs is 3. The van der Waals surface area contributed by atoms with Gasteiger partial charge >= 0.3 is 0 Å². The number of nitrogens with zero attached hydrogens (tertiary/aromatic N) is 1. The van der Waals surface area contributed by atoms with Crippen LogP contribution < -0.4 is 0 Å². The van der Waals surface area contributed by atoms with E-state index in [1.807, 2.05) is 17.8 Å². The van der Waals surface area contributed by atoms with Crippen LogP contribution in [0.1, 0.15) is 5.56 Å². The minimum absolute atomic E-state index is 1.08. The Labute approximate surface area is 114 Å². The van der Waals surface area contributed by atoms with Gasteiger partial charge < -0.3 is 0 Å². The Balaban J connectivity index is 1.88. The summed E-state index contributed by atoms with van der Waals surface area (Å²) in [6.07, 6.45) is 2.24. The average molecular weight is 267 g/mol. The van der Waals surface area contributed by atoms with Gasteiger partial charge in [0.1, 0.15) is 5.04 Å². The predicted octanol–water partition coefficient (Wildman–Crippen LogP) is 4.97. The summed E-state index contributed by atoms with van der Waals surface area (Å²) >= 11 is 3.58. The van der Waals surface area contributed by atoms with E-state index >= 15 is 0 Å². The Kier molecular flexibility index (Phi) is 2.35. The molecule has 0 fully saturated rings. The van der Waals surface area contributed by atoms with Gasteiger partial charge in [0, 0.05) is 14.7 Å². The zero-order valence-electron chi connectivity index (χ0n) is 9.46. The third-order valence-electron chi connectivity index (χ3n) is 2.93. The minimum atomic E-state index is 1.08. The van der Waals surface area contributed by atoms with Crippen molar-refractivity contribution in [3.8, 4) is 0 Å². The van der Waals surface area contributed by atoms with Crippen LogP contribution >= 0.6 is 23.5 Å². The van der Waals surface area contributed by atoms with Gasteiger partial charge in [-0.3, -0.25) is 0 Å². The van der Waals surface area contributed by atoms with Crippen molar-refractivity contribution in [1.29, 1.82) is 0 Å². The summed E-state index contributed by atoms with van der Waals surface area (Å²) in [5.74, 6) is 0. The molecule has 4 rings (SSSR count). The monoisotopic (exact) mass is 267 g/mol. The second kappa shape index (κ2) is 4.04. The molecule has 0 atom stereocenters. The zero-order valence-corrected chi connectivity index (χ0v) is 11.1. The predicted molar refractivity (Wildman–Crippen MR) is 79.7 cm³/mol. The van der Waals surface area contributed by atoms with Gasteiger partial charge in [0.25, 0.3) is 0 Å². The van der Waals surface area contributed by atoms with E-state index in [0.717, 1.165) is 10.7 Å². The number of rotatable bonds is 0. The Bertz CT molecular complexity index is 640. The lowest BCUT2D eigenvalue weighted by Crippen LogP contribution is -2.03. The Morgan fingerprint density at radius 1 is 0.778 bits per heavy atom. The normalized spacial score (nSPS) is 16.0. The van der Waals surface area contributed by atoms with Crippen molar-refractivity contribution < 1.29 is 0 Å². The van der Waals surface area contributed by atoms with E-state index in [1.54, 1.807) is 11.8 Å². The van der Waals surface area contributed by atoms with Crippen LogP contribution in [0.15, 0.2) is 68.2 Å². The van der Waals surface area contributed by atoms with E-state index < -0.39 is 0 Å². The maximum atomic E-state index is 4.76. The van der Waals surface area contributed by atoms with Gasteiger partial charge in [-0.05, 0) is 29.8 Å². The van der Waals surface area contributed by atoms with Crippen molar-refractivity contribution in [2.75, 3.05) is 0 Å².